The molecule has 0 saturated carbocycles. The number of guanidine groups is 1. The van der Waals surface area contributed by atoms with E-state index in [-0.39, 0.29) is 42.1 Å². The van der Waals surface area contributed by atoms with E-state index in [1.165, 1.54) is 4.88 Å². The highest BCUT2D eigenvalue weighted by Crippen LogP contribution is 2.17. The van der Waals surface area contributed by atoms with Gasteiger partial charge in [-0.1, -0.05) is 12.1 Å². The van der Waals surface area contributed by atoms with Crippen LogP contribution in [0.2, 0.25) is 0 Å². The monoisotopic (exact) mass is 571 g/mol. The molecule has 1 aliphatic rings. The van der Waals surface area contributed by atoms with Crippen LogP contribution >= 0.6 is 35.3 Å². The SMILES string of the molecule is CCNC(=NCc1ccc(C(=O)N2CC(C)OC(C)C2)cc1)NCc1sc(C)nc1C.I. The number of nitrogens with one attached hydrogen (secondary N) is 2. The molecule has 2 heterocycles. The Morgan fingerprint density at radius 3 is 2.41 bits per heavy atom. The molecule has 0 spiro atoms. The minimum Gasteiger partial charge on any atom is -0.372 e. The molecule has 1 saturated heterocycles. The molecule has 2 N–H and O–H groups in total. The maximum Gasteiger partial charge on any atom is 0.254 e. The fourth-order valence-corrected chi connectivity index (χ4v) is 4.57. The molecule has 32 heavy (non-hydrogen) atoms. The Balaban J connectivity index is 0.00000363. The van der Waals surface area contributed by atoms with E-state index in [4.69, 9.17) is 4.74 Å². The average Bonchev–Trinajstić information content (AvgIpc) is 3.06. The quantitative estimate of drug-likeness (QED) is 0.313. The van der Waals surface area contributed by atoms with Crippen molar-refractivity contribution in [3.05, 3.63) is 51.0 Å². The molecule has 2 unspecified atom stereocenters. The minimum absolute atomic E-state index is 0. The number of thiazole rings is 1. The standard InChI is InChI=1S/C23H33N5O2S.HI/c1-6-24-23(26-12-21-17(4)27-18(5)31-21)25-11-19-7-9-20(10-8-19)22(29)28-13-15(2)30-16(3)14-28;/h7-10,15-16H,6,11-14H2,1-5H3,(H2,24,25,26);1H. The minimum atomic E-state index is 0. The molecular formula is C23H34IN5O2S. The topological polar surface area (TPSA) is 78.9 Å². The molecule has 1 fully saturated rings. The lowest BCUT2D eigenvalue weighted by atomic mass is 10.1. The second kappa shape index (κ2) is 12.5. The maximum absolute atomic E-state index is 12.8. The third-order valence-electron chi connectivity index (χ3n) is 5.09. The van der Waals surface area contributed by atoms with E-state index >= 15 is 0 Å². The Kier molecular flexibility index (Phi) is 10.4. The van der Waals surface area contributed by atoms with Gasteiger partial charge < -0.3 is 20.3 Å². The highest BCUT2D eigenvalue weighted by atomic mass is 127. The van der Waals surface area contributed by atoms with Gasteiger partial charge in [0.25, 0.3) is 5.91 Å². The van der Waals surface area contributed by atoms with Crippen LogP contribution in [0.1, 0.15) is 52.3 Å². The van der Waals surface area contributed by atoms with E-state index in [9.17, 15) is 4.79 Å². The van der Waals surface area contributed by atoms with Crippen molar-refractivity contribution in [2.24, 2.45) is 4.99 Å². The molecule has 1 aromatic carbocycles. The summed E-state index contributed by atoms with van der Waals surface area (Å²) in [6.45, 7) is 13.4. The number of morpholine rings is 1. The van der Waals surface area contributed by atoms with Crippen LogP contribution in [0.3, 0.4) is 0 Å². The summed E-state index contributed by atoms with van der Waals surface area (Å²) in [5.41, 5.74) is 2.83. The summed E-state index contributed by atoms with van der Waals surface area (Å²) in [4.78, 5) is 25.1. The van der Waals surface area contributed by atoms with E-state index in [0.717, 1.165) is 28.8 Å². The molecule has 1 aliphatic heterocycles. The van der Waals surface area contributed by atoms with Gasteiger partial charge >= 0.3 is 0 Å². The third-order valence-corrected chi connectivity index (χ3v) is 6.16. The number of carbonyl (C=O) groups excluding carboxylic acids is 1. The van der Waals surface area contributed by atoms with Gasteiger partial charge in [0, 0.05) is 30.1 Å². The van der Waals surface area contributed by atoms with Crippen LogP contribution in [0.5, 0.6) is 0 Å². The number of carbonyl (C=O) groups is 1. The fourth-order valence-electron chi connectivity index (χ4n) is 3.69. The molecule has 9 heteroatoms. The van der Waals surface area contributed by atoms with E-state index in [1.807, 2.05) is 63.8 Å². The first-order chi connectivity index (χ1) is 14.9. The van der Waals surface area contributed by atoms with Crippen molar-refractivity contribution in [3.8, 4) is 0 Å². The van der Waals surface area contributed by atoms with Gasteiger partial charge in [-0.15, -0.1) is 35.3 Å². The van der Waals surface area contributed by atoms with Crippen molar-refractivity contribution in [2.75, 3.05) is 19.6 Å². The van der Waals surface area contributed by atoms with Crippen molar-refractivity contribution < 1.29 is 9.53 Å². The molecular weight excluding hydrogens is 537 g/mol. The number of hydrogen-bond acceptors (Lipinski definition) is 5. The lowest BCUT2D eigenvalue weighted by Gasteiger charge is -2.35. The average molecular weight is 572 g/mol. The number of rotatable bonds is 6. The molecule has 2 aromatic rings. The van der Waals surface area contributed by atoms with Crippen molar-refractivity contribution >= 4 is 47.2 Å². The maximum atomic E-state index is 12.8. The first-order valence-electron chi connectivity index (χ1n) is 10.8. The van der Waals surface area contributed by atoms with Crippen LogP contribution in [0.25, 0.3) is 0 Å². The fraction of sp³-hybridized carbons (Fsp3) is 0.522. The van der Waals surface area contributed by atoms with Gasteiger partial charge in [0.1, 0.15) is 0 Å². The lowest BCUT2D eigenvalue weighted by Crippen LogP contribution is -2.48. The highest BCUT2D eigenvalue weighted by molar-refractivity contribution is 14.0. The second-order valence-electron chi connectivity index (χ2n) is 7.95. The van der Waals surface area contributed by atoms with Gasteiger partial charge in [-0.2, -0.15) is 0 Å². The number of aryl methyl sites for hydroxylation is 2. The van der Waals surface area contributed by atoms with Gasteiger partial charge in [-0.3, -0.25) is 4.79 Å². The molecule has 3 rings (SSSR count). The van der Waals surface area contributed by atoms with E-state index in [1.54, 1.807) is 11.3 Å². The Labute approximate surface area is 212 Å². The predicted octanol–water partition coefficient (Wildman–Crippen LogP) is 3.88. The molecule has 2 atom stereocenters. The van der Waals surface area contributed by atoms with Crippen LogP contribution in [-0.2, 0) is 17.8 Å². The number of halogens is 1. The first-order valence-corrected chi connectivity index (χ1v) is 11.7. The molecule has 1 aromatic heterocycles. The molecule has 0 aliphatic carbocycles. The summed E-state index contributed by atoms with van der Waals surface area (Å²) in [5, 5.41) is 7.74. The lowest BCUT2D eigenvalue weighted by molar-refractivity contribution is -0.0586. The molecule has 7 nitrogen and oxygen atoms in total. The van der Waals surface area contributed by atoms with Crippen LogP contribution in [0, 0.1) is 13.8 Å². The zero-order valence-electron chi connectivity index (χ0n) is 19.5. The Hall–Kier alpha value is -1.72. The second-order valence-corrected chi connectivity index (χ2v) is 9.24. The number of hydrogen-bond donors (Lipinski definition) is 2. The predicted molar refractivity (Wildman–Crippen MR) is 141 cm³/mol. The summed E-state index contributed by atoms with van der Waals surface area (Å²) in [6.07, 6.45) is 0.131. The van der Waals surface area contributed by atoms with Crippen molar-refractivity contribution in [1.29, 1.82) is 0 Å². The molecule has 176 valence electrons. The van der Waals surface area contributed by atoms with E-state index in [2.05, 4.69) is 20.6 Å². The summed E-state index contributed by atoms with van der Waals surface area (Å²) < 4.78 is 5.73. The summed E-state index contributed by atoms with van der Waals surface area (Å²) in [6, 6.07) is 7.73. The Morgan fingerprint density at radius 2 is 1.84 bits per heavy atom. The summed E-state index contributed by atoms with van der Waals surface area (Å²) in [5.74, 6) is 0.826. The molecule has 0 bridgehead atoms. The Morgan fingerprint density at radius 1 is 1.19 bits per heavy atom. The summed E-state index contributed by atoms with van der Waals surface area (Å²) in [7, 11) is 0. The zero-order valence-corrected chi connectivity index (χ0v) is 22.6. The molecule has 1 amide bonds. The zero-order chi connectivity index (χ0) is 22.4. The molecule has 0 radical (unpaired) electrons. The van der Waals surface area contributed by atoms with Crippen LogP contribution in [0.4, 0.5) is 0 Å². The van der Waals surface area contributed by atoms with E-state index < -0.39 is 0 Å². The van der Waals surface area contributed by atoms with E-state index in [0.29, 0.717) is 31.7 Å². The van der Waals surface area contributed by atoms with Gasteiger partial charge in [-0.25, -0.2) is 9.98 Å². The van der Waals surface area contributed by atoms with Gasteiger partial charge in [0.15, 0.2) is 5.96 Å². The first kappa shape index (κ1) is 26.5. The van der Waals surface area contributed by atoms with Crippen LogP contribution in [0.15, 0.2) is 29.3 Å². The summed E-state index contributed by atoms with van der Waals surface area (Å²) >= 11 is 1.70. The number of ether oxygens (including phenoxy) is 1. The van der Waals surface area contributed by atoms with Crippen LogP contribution in [-0.4, -0.2) is 53.6 Å². The number of aromatic nitrogens is 1. The van der Waals surface area contributed by atoms with Crippen LogP contribution < -0.4 is 10.6 Å². The van der Waals surface area contributed by atoms with Crippen molar-refractivity contribution in [1.82, 2.24) is 20.5 Å². The van der Waals surface area contributed by atoms with Crippen molar-refractivity contribution in [2.45, 2.75) is 59.9 Å². The highest BCUT2D eigenvalue weighted by Gasteiger charge is 2.26. The number of nitrogens with zero attached hydrogens (tertiary/aromatic N) is 3. The number of aliphatic imine (C=N–C) groups is 1. The van der Waals surface area contributed by atoms with Gasteiger partial charge in [-0.05, 0) is 52.3 Å². The van der Waals surface area contributed by atoms with Gasteiger partial charge in [0.05, 0.1) is 36.0 Å². The third kappa shape index (κ3) is 7.41. The van der Waals surface area contributed by atoms with Crippen molar-refractivity contribution in [3.63, 3.8) is 0 Å². The normalized spacial score (nSPS) is 18.8. The number of amides is 1. The van der Waals surface area contributed by atoms with Gasteiger partial charge in [0.2, 0.25) is 0 Å². The number of benzene rings is 1. The smallest absolute Gasteiger partial charge is 0.254 e. The Bertz CT molecular complexity index is 906. The largest absolute Gasteiger partial charge is 0.372 e.